The predicted molar refractivity (Wildman–Crippen MR) is 100 cm³/mol. The fourth-order valence-corrected chi connectivity index (χ4v) is 2.39. The first-order chi connectivity index (χ1) is 12.5. The fourth-order valence-electron chi connectivity index (χ4n) is 2.39. The Morgan fingerprint density at radius 2 is 1.85 bits per heavy atom. The fraction of sp³-hybridized carbons (Fsp3) is 0.190. The van der Waals surface area contributed by atoms with E-state index in [1.54, 1.807) is 24.5 Å². The van der Waals surface area contributed by atoms with E-state index < -0.39 is 0 Å². The zero-order chi connectivity index (χ0) is 18.5. The Hall–Kier alpha value is -3.21. The molecule has 0 atom stereocenters. The number of hydrogen-bond donors (Lipinski definition) is 1. The highest BCUT2D eigenvalue weighted by atomic mass is 16.5. The minimum atomic E-state index is -0.159. The van der Waals surface area contributed by atoms with Crippen LogP contribution in [0.2, 0.25) is 0 Å². The van der Waals surface area contributed by atoms with Crippen LogP contribution in [-0.2, 0) is 6.54 Å². The van der Waals surface area contributed by atoms with Gasteiger partial charge in [0.15, 0.2) is 0 Å². The third-order valence-electron chi connectivity index (χ3n) is 3.98. The molecular weight excluding hydrogens is 326 g/mol. The predicted octanol–water partition coefficient (Wildman–Crippen LogP) is 4.12. The number of ether oxygens (including phenoxy) is 1. The molecule has 0 saturated carbocycles. The maximum absolute atomic E-state index is 12.1. The highest BCUT2D eigenvalue weighted by Gasteiger charge is 2.07. The van der Waals surface area contributed by atoms with Gasteiger partial charge in [-0.3, -0.25) is 9.78 Å². The maximum Gasteiger partial charge on any atom is 0.253 e. The highest BCUT2D eigenvalue weighted by Crippen LogP contribution is 2.24. The first-order valence-corrected chi connectivity index (χ1v) is 8.42. The molecule has 2 heterocycles. The average molecular weight is 347 g/mol. The minimum Gasteiger partial charge on any atom is -0.439 e. The molecule has 0 fully saturated rings. The summed E-state index contributed by atoms with van der Waals surface area (Å²) in [4.78, 5) is 20.6. The molecule has 1 amide bonds. The van der Waals surface area contributed by atoms with Gasteiger partial charge in [-0.15, -0.1) is 0 Å². The van der Waals surface area contributed by atoms with Crippen LogP contribution in [0.25, 0.3) is 0 Å². The zero-order valence-corrected chi connectivity index (χ0v) is 15.1. The Morgan fingerprint density at radius 3 is 2.54 bits per heavy atom. The Bertz CT molecular complexity index is 904. The van der Waals surface area contributed by atoms with Crippen molar-refractivity contribution in [2.24, 2.45) is 0 Å². The van der Waals surface area contributed by atoms with Gasteiger partial charge in [-0.05, 0) is 55.7 Å². The number of nitrogens with one attached hydrogen (secondary N) is 1. The first-order valence-electron chi connectivity index (χ1n) is 8.42. The number of carbonyl (C=O) groups is 1. The van der Waals surface area contributed by atoms with Crippen LogP contribution in [0.1, 0.15) is 32.7 Å². The van der Waals surface area contributed by atoms with Gasteiger partial charge in [-0.2, -0.15) is 0 Å². The van der Waals surface area contributed by atoms with Gasteiger partial charge >= 0.3 is 0 Å². The second kappa shape index (κ2) is 7.78. The molecule has 1 N–H and O–H groups in total. The highest BCUT2D eigenvalue weighted by molar-refractivity contribution is 5.93. The van der Waals surface area contributed by atoms with Crippen molar-refractivity contribution in [1.82, 2.24) is 15.3 Å². The van der Waals surface area contributed by atoms with Gasteiger partial charge in [0, 0.05) is 30.7 Å². The molecular formula is C21H21N3O2. The van der Waals surface area contributed by atoms with Crippen molar-refractivity contribution in [1.29, 1.82) is 0 Å². The first kappa shape index (κ1) is 17.6. The zero-order valence-electron chi connectivity index (χ0n) is 15.1. The molecule has 0 radical (unpaired) electrons. The van der Waals surface area contributed by atoms with Gasteiger partial charge in [-0.25, -0.2) is 4.98 Å². The van der Waals surface area contributed by atoms with Crippen molar-refractivity contribution in [2.75, 3.05) is 0 Å². The lowest BCUT2D eigenvalue weighted by molar-refractivity contribution is 0.0950. The van der Waals surface area contributed by atoms with Crippen molar-refractivity contribution < 1.29 is 9.53 Å². The number of nitrogens with zero attached hydrogens (tertiary/aromatic N) is 2. The Labute approximate surface area is 153 Å². The summed E-state index contributed by atoms with van der Waals surface area (Å²) in [5.41, 5.74) is 4.51. The second-order valence-corrected chi connectivity index (χ2v) is 6.25. The average Bonchev–Trinajstić information content (AvgIpc) is 2.64. The maximum atomic E-state index is 12.1. The van der Waals surface area contributed by atoms with Crippen LogP contribution < -0.4 is 10.1 Å². The summed E-state index contributed by atoms with van der Waals surface area (Å²) in [5.74, 6) is 1.16. The SMILES string of the molecule is Cc1ccc(C)c(Oc2ccc(CNC(=O)c3ccc(C)nc3)cn2)c1. The number of amides is 1. The normalized spacial score (nSPS) is 10.4. The van der Waals surface area contributed by atoms with E-state index >= 15 is 0 Å². The van der Waals surface area contributed by atoms with Crippen molar-refractivity contribution in [3.8, 4) is 11.6 Å². The molecule has 5 nitrogen and oxygen atoms in total. The number of benzene rings is 1. The molecule has 3 rings (SSSR count). The van der Waals surface area contributed by atoms with Gasteiger partial charge < -0.3 is 10.1 Å². The lowest BCUT2D eigenvalue weighted by Crippen LogP contribution is -2.23. The summed E-state index contributed by atoms with van der Waals surface area (Å²) in [5, 5.41) is 2.86. The largest absolute Gasteiger partial charge is 0.439 e. The number of carbonyl (C=O) groups excluding carboxylic acids is 1. The minimum absolute atomic E-state index is 0.159. The molecule has 2 aromatic heterocycles. The molecule has 0 aliphatic carbocycles. The van der Waals surface area contributed by atoms with Crippen LogP contribution >= 0.6 is 0 Å². The topological polar surface area (TPSA) is 64.1 Å². The van der Waals surface area contributed by atoms with E-state index in [2.05, 4.69) is 15.3 Å². The summed E-state index contributed by atoms with van der Waals surface area (Å²) in [6.07, 6.45) is 3.28. The van der Waals surface area contributed by atoms with E-state index in [9.17, 15) is 4.79 Å². The van der Waals surface area contributed by atoms with Crippen LogP contribution in [-0.4, -0.2) is 15.9 Å². The summed E-state index contributed by atoms with van der Waals surface area (Å²) in [7, 11) is 0. The van der Waals surface area contributed by atoms with Gasteiger partial charge in [0.25, 0.3) is 5.91 Å². The summed E-state index contributed by atoms with van der Waals surface area (Å²) < 4.78 is 5.84. The van der Waals surface area contributed by atoms with Gasteiger partial charge in [0.2, 0.25) is 5.88 Å². The standard InChI is InChI=1S/C21H21N3O2/c1-14-4-5-15(2)19(10-14)26-20-9-7-17(11-23-20)12-24-21(25)18-8-6-16(3)22-13-18/h4-11,13H,12H2,1-3H3,(H,24,25). The molecule has 0 saturated heterocycles. The Balaban J connectivity index is 1.60. The van der Waals surface area contributed by atoms with Crippen LogP contribution in [0.5, 0.6) is 11.6 Å². The molecule has 5 heteroatoms. The van der Waals surface area contributed by atoms with Crippen LogP contribution in [0, 0.1) is 20.8 Å². The van der Waals surface area contributed by atoms with E-state index in [-0.39, 0.29) is 5.91 Å². The monoisotopic (exact) mass is 347 g/mol. The van der Waals surface area contributed by atoms with E-state index in [1.165, 1.54) is 0 Å². The van der Waals surface area contributed by atoms with Crippen LogP contribution in [0.3, 0.4) is 0 Å². The van der Waals surface area contributed by atoms with E-state index in [0.717, 1.165) is 28.1 Å². The molecule has 0 spiro atoms. The quantitative estimate of drug-likeness (QED) is 0.754. The summed E-state index contributed by atoms with van der Waals surface area (Å²) >= 11 is 0. The van der Waals surface area contributed by atoms with E-state index in [4.69, 9.17) is 4.74 Å². The third kappa shape index (κ3) is 4.45. The van der Waals surface area contributed by atoms with Crippen molar-refractivity contribution in [3.05, 3.63) is 82.8 Å². The van der Waals surface area contributed by atoms with Crippen LogP contribution in [0.15, 0.2) is 54.9 Å². The Morgan fingerprint density at radius 1 is 1.00 bits per heavy atom. The summed E-state index contributed by atoms with van der Waals surface area (Å²) in [6.45, 7) is 6.30. The number of pyridine rings is 2. The lowest BCUT2D eigenvalue weighted by Gasteiger charge is -2.09. The number of hydrogen-bond acceptors (Lipinski definition) is 4. The van der Waals surface area contributed by atoms with Gasteiger partial charge in [0.05, 0.1) is 5.56 Å². The van der Waals surface area contributed by atoms with E-state index in [1.807, 2.05) is 51.1 Å². The number of aryl methyl sites for hydroxylation is 3. The molecule has 3 aromatic rings. The van der Waals surface area contributed by atoms with Crippen molar-refractivity contribution in [3.63, 3.8) is 0 Å². The van der Waals surface area contributed by atoms with E-state index in [0.29, 0.717) is 18.0 Å². The van der Waals surface area contributed by atoms with Crippen LogP contribution in [0.4, 0.5) is 0 Å². The Kier molecular flexibility index (Phi) is 5.27. The number of aromatic nitrogens is 2. The lowest BCUT2D eigenvalue weighted by atomic mass is 10.1. The van der Waals surface area contributed by atoms with Gasteiger partial charge in [-0.1, -0.05) is 18.2 Å². The third-order valence-corrected chi connectivity index (χ3v) is 3.98. The smallest absolute Gasteiger partial charge is 0.253 e. The molecule has 132 valence electrons. The molecule has 0 unspecified atom stereocenters. The summed E-state index contributed by atoms with van der Waals surface area (Å²) in [6, 6.07) is 13.3. The second-order valence-electron chi connectivity index (χ2n) is 6.25. The van der Waals surface area contributed by atoms with Gasteiger partial charge in [0.1, 0.15) is 5.75 Å². The molecule has 0 aliphatic heterocycles. The molecule has 0 bridgehead atoms. The number of rotatable bonds is 5. The van der Waals surface area contributed by atoms with Crippen molar-refractivity contribution >= 4 is 5.91 Å². The molecule has 0 aliphatic rings. The van der Waals surface area contributed by atoms with Crippen molar-refractivity contribution in [2.45, 2.75) is 27.3 Å². The molecule has 26 heavy (non-hydrogen) atoms. The molecule has 1 aromatic carbocycles.